The maximum absolute atomic E-state index is 10.7. The number of likely N-dealkylation sites (tertiary alicyclic amines) is 1. The molecule has 19 heavy (non-hydrogen) atoms. The summed E-state index contributed by atoms with van der Waals surface area (Å²) in [5, 5.41) is 19.9. The Morgan fingerprint density at radius 1 is 1.58 bits per heavy atom. The molecule has 3 rings (SSSR count). The summed E-state index contributed by atoms with van der Waals surface area (Å²) < 4.78 is 6.61. The Morgan fingerprint density at radius 3 is 2.95 bits per heavy atom. The van der Waals surface area contributed by atoms with Crippen molar-refractivity contribution in [1.29, 1.82) is 0 Å². The number of carbonyl (C=O) groups is 1. The molecule has 0 bridgehead atoms. The van der Waals surface area contributed by atoms with Gasteiger partial charge in [0.2, 0.25) is 5.89 Å². The van der Waals surface area contributed by atoms with Crippen molar-refractivity contribution < 1.29 is 14.4 Å². The number of carboxylic acid groups (broad SMARTS) is 1. The van der Waals surface area contributed by atoms with Gasteiger partial charge in [0.1, 0.15) is 0 Å². The molecular formula is C10H12N6O3. The van der Waals surface area contributed by atoms with Crippen LogP contribution in [0.5, 0.6) is 0 Å². The minimum Gasteiger partial charge on any atom is -0.476 e. The normalized spacial score (nSPS) is 16.5. The van der Waals surface area contributed by atoms with Gasteiger partial charge >= 0.3 is 5.97 Å². The van der Waals surface area contributed by atoms with Crippen molar-refractivity contribution in [3.05, 3.63) is 23.6 Å². The van der Waals surface area contributed by atoms with Crippen LogP contribution in [0.1, 0.15) is 28.2 Å². The van der Waals surface area contributed by atoms with Crippen LogP contribution in [0.25, 0.3) is 0 Å². The third-order valence-corrected chi connectivity index (χ3v) is 2.97. The Hall–Kier alpha value is -2.29. The molecule has 0 unspecified atom stereocenters. The number of aromatic nitrogens is 5. The van der Waals surface area contributed by atoms with Crippen LogP contribution < -0.4 is 0 Å². The van der Waals surface area contributed by atoms with E-state index in [1.807, 2.05) is 0 Å². The average Bonchev–Trinajstić information content (AvgIpc) is 2.91. The van der Waals surface area contributed by atoms with E-state index < -0.39 is 5.97 Å². The fourth-order valence-corrected chi connectivity index (χ4v) is 1.99. The third-order valence-electron chi connectivity index (χ3n) is 2.97. The van der Waals surface area contributed by atoms with Gasteiger partial charge in [-0.3, -0.25) is 4.90 Å². The van der Waals surface area contributed by atoms with E-state index in [-0.39, 0.29) is 11.7 Å². The van der Waals surface area contributed by atoms with Crippen LogP contribution in [0, 0.1) is 6.92 Å². The summed E-state index contributed by atoms with van der Waals surface area (Å²) in [6, 6.07) is 0.143. The molecule has 1 fully saturated rings. The van der Waals surface area contributed by atoms with Gasteiger partial charge in [0.05, 0.1) is 18.8 Å². The zero-order valence-electron chi connectivity index (χ0n) is 10.2. The van der Waals surface area contributed by atoms with Crippen LogP contribution in [0.3, 0.4) is 0 Å². The van der Waals surface area contributed by atoms with Crippen molar-refractivity contribution in [2.24, 2.45) is 0 Å². The van der Waals surface area contributed by atoms with Crippen molar-refractivity contribution in [2.75, 3.05) is 13.1 Å². The lowest BCUT2D eigenvalue weighted by Gasteiger charge is -2.37. The largest absolute Gasteiger partial charge is 0.476 e. The maximum atomic E-state index is 10.7. The molecule has 1 aliphatic heterocycles. The van der Waals surface area contributed by atoms with Gasteiger partial charge in [-0.25, -0.2) is 9.48 Å². The zero-order chi connectivity index (χ0) is 13.4. The van der Waals surface area contributed by atoms with Crippen molar-refractivity contribution in [2.45, 2.75) is 19.5 Å². The van der Waals surface area contributed by atoms with E-state index in [1.54, 1.807) is 11.6 Å². The average molecular weight is 264 g/mol. The Morgan fingerprint density at radius 2 is 2.37 bits per heavy atom. The van der Waals surface area contributed by atoms with Gasteiger partial charge in [-0.2, -0.15) is 4.98 Å². The molecule has 100 valence electrons. The Kier molecular flexibility index (Phi) is 2.75. The first-order valence-electron chi connectivity index (χ1n) is 5.78. The number of nitrogens with zero attached hydrogens (tertiary/aromatic N) is 6. The summed E-state index contributed by atoms with van der Waals surface area (Å²) in [6.07, 6.45) is 1.45. The van der Waals surface area contributed by atoms with Gasteiger partial charge in [-0.05, 0) is 6.92 Å². The standard InChI is InChI=1S/C10H12N6O3/c1-6-11-9(19-13-6)5-15-2-7(3-15)16-4-8(10(17)18)12-14-16/h4,7H,2-3,5H2,1H3,(H,17,18). The van der Waals surface area contributed by atoms with Crippen LogP contribution >= 0.6 is 0 Å². The smallest absolute Gasteiger partial charge is 0.358 e. The number of hydrogen-bond donors (Lipinski definition) is 1. The predicted molar refractivity (Wildman–Crippen MR) is 60.3 cm³/mol. The molecule has 0 spiro atoms. The minimum atomic E-state index is -1.07. The molecule has 0 aromatic carbocycles. The summed E-state index contributed by atoms with van der Waals surface area (Å²) >= 11 is 0. The predicted octanol–water partition coefficient (Wildman–Crippen LogP) is -0.275. The molecular weight excluding hydrogens is 252 g/mol. The summed E-state index contributed by atoms with van der Waals surface area (Å²) in [5.41, 5.74) is -0.0361. The zero-order valence-corrected chi connectivity index (χ0v) is 10.2. The second-order valence-corrected chi connectivity index (χ2v) is 4.47. The molecule has 3 heterocycles. The Labute approximate surface area is 107 Å². The molecule has 9 heteroatoms. The lowest BCUT2D eigenvalue weighted by atomic mass is 10.1. The van der Waals surface area contributed by atoms with Gasteiger partial charge in [-0.1, -0.05) is 10.4 Å². The molecule has 9 nitrogen and oxygen atoms in total. The number of aryl methyl sites for hydroxylation is 1. The van der Waals surface area contributed by atoms with Gasteiger partial charge in [0.25, 0.3) is 0 Å². The molecule has 2 aromatic heterocycles. The van der Waals surface area contributed by atoms with Crippen molar-refractivity contribution in [1.82, 2.24) is 30.0 Å². The third kappa shape index (κ3) is 2.32. The Balaban J connectivity index is 1.55. The highest BCUT2D eigenvalue weighted by atomic mass is 16.5. The van der Waals surface area contributed by atoms with Crippen LogP contribution in [0.15, 0.2) is 10.7 Å². The number of aromatic carboxylic acids is 1. The molecule has 2 aromatic rings. The lowest BCUT2D eigenvalue weighted by molar-refractivity contribution is 0.0689. The Bertz CT molecular complexity index is 600. The summed E-state index contributed by atoms with van der Waals surface area (Å²) in [5.74, 6) is 0.138. The summed E-state index contributed by atoms with van der Waals surface area (Å²) in [4.78, 5) is 16.9. The fourth-order valence-electron chi connectivity index (χ4n) is 1.99. The van der Waals surface area contributed by atoms with E-state index in [2.05, 4.69) is 25.4 Å². The quantitative estimate of drug-likeness (QED) is 0.803. The van der Waals surface area contributed by atoms with Gasteiger partial charge in [0, 0.05) is 13.1 Å². The van der Waals surface area contributed by atoms with E-state index in [0.717, 1.165) is 13.1 Å². The van der Waals surface area contributed by atoms with Crippen LogP contribution in [-0.4, -0.2) is 54.2 Å². The van der Waals surface area contributed by atoms with Crippen LogP contribution in [0.4, 0.5) is 0 Å². The first-order chi connectivity index (χ1) is 9.11. The molecule has 0 saturated carbocycles. The fraction of sp³-hybridized carbons (Fsp3) is 0.500. The lowest BCUT2D eigenvalue weighted by Crippen LogP contribution is -2.47. The molecule has 1 aliphatic rings. The molecule has 0 radical (unpaired) electrons. The SMILES string of the molecule is Cc1noc(CN2CC(n3cc(C(=O)O)nn3)C2)n1. The van der Waals surface area contributed by atoms with Crippen molar-refractivity contribution >= 4 is 5.97 Å². The first kappa shape index (κ1) is 11.8. The van der Waals surface area contributed by atoms with Crippen LogP contribution in [-0.2, 0) is 6.54 Å². The number of carboxylic acids is 1. The topological polar surface area (TPSA) is 110 Å². The van der Waals surface area contributed by atoms with E-state index in [4.69, 9.17) is 9.63 Å². The molecule has 1 N–H and O–H groups in total. The van der Waals surface area contributed by atoms with Crippen molar-refractivity contribution in [3.8, 4) is 0 Å². The number of hydrogen-bond acceptors (Lipinski definition) is 7. The highest BCUT2D eigenvalue weighted by molar-refractivity contribution is 5.84. The highest BCUT2D eigenvalue weighted by Crippen LogP contribution is 2.21. The summed E-state index contributed by atoms with van der Waals surface area (Å²) in [7, 11) is 0. The van der Waals surface area contributed by atoms with Crippen molar-refractivity contribution in [3.63, 3.8) is 0 Å². The first-order valence-corrected chi connectivity index (χ1v) is 5.78. The minimum absolute atomic E-state index is 0.0361. The van der Waals surface area contributed by atoms with E-state index >= 15 is 0 Å². The van der Waals surface area contributed by atoms with Gasteiger partial charge < -0.3 is 9.63 Å². The second-order valence-electron chi connectivity index (χ2n) is 4.47. The maximum Gasteiger partial charge on any atom is 0.358 e. The van der Waals surface area contributed by atoms with E-state index in [9.17, 15) is 4.79 Å². The van der Waals surface area contributed by atoms with Gasteiger partial charge in [-0.15, -0.1) is 5.10 Å². The van der Waals surface area contributed by atoms with E-state index in [1.165, 1.54) is 6.20 Å². The highest BCUT2D eigenvalue weighted by Gasteiger charge is 2.30. The van der Waals surface area contributed by atoms with E-state index in [0.29, 0.717) is 18.3 Å². The van der Waals surface area contributed by atoms with Gasteiger partial charge in [0.15, 0.2) is 11.5 Å². The molecule has 0 amide bonds. The monoisotopic (exact) mass is 264 g/mol. The molecule has 0 aliphatic carbocycles. The summed E-state index contributed by atoms with van der Waals surface area (Å²) in [6.45, 7) is 3.88. The number of rotatable bonds is 4. The second kappa shape index (κ2) is 4.43. The van der Waals surface area contributed by atoms with Crippen LogP contribution in [0.2, 0.25) is 0 Å². The molecule has 0 atom stereocenters. The molecule has 1 saturated heterocycles.